The van der Waals surface area contributed by atoms with Crippen molar-refractivity contribution in [2.75, 3.05) is 26.2 Å². The number of hydrogen-bond acceptors (Lipinski definition) is 5. The van der Waals surface area contributed by atoms with Gasteiger partial charge in [0.2, 0.25) is 0 Å². The number of pyridine rings is 1. The van der Waals surface area contributed by atoms with Crippen LogP contribution in [0.3, 0.4) is 0 Å². The highest BCUT2D eigenvalue weighted by atomic mass is 19.4. The molecule has 41 heavy (non-hydrogen) atoms. The normalized spacial score (nSPS) is 14.8. The Bertz CT molecular complexity index is 1480. The Morgan fingerprint density at radius 3 is 2.15 bits per heavy atom. The molecule has 0 atom stereocenters. The predicted octanol–water partition coefficient (Wildman–Crippen LogP) is 5.36. The van der Waals surface area contributed by atoms with E-state index in [2.05, 4.69) is 14.8 Å². The first-order chi connectivity index (χ1) is 19.6. The summed E-state index contributed by atoms with van der Waals surface area (Å²) in [6, 6.07) is 14.6. The number of aryl methyl sites for hydroxylation is 2. The number of aromatic nitrogens is 3. The molecule has 0 radical (unpaired) electrons. The Morgan fingerprint density at radius 2 is 1.51 bits per heavy atom. The van der Waals surface area contributed by atoms with Gasteiger partial charge < -0.3 is 9.67 Å². The molecule has 0 amide bonds. The molecule has 0 saturated carbocycles. The number of carbonyl (C=O) groups is 1. The molecule has 11 heteroatoms. The van der Waals surface area contributed by atoms with E-state index in [-0.39, 0.29) is 11.4 Å². The smallest absolute Gasteiger partial charge is 0.416 e. The number of carboxylic acid groups (broad SMARTS) is 1. The van der Waals surface area contributed by atoms with Crippen LogP contribution in [0.2, 0.25) is 0 Å². The number of benzene rings is 2. The molecule has 2 aromatic carbocycles. The van der Waals surface area contributed by atoms with E-state index in [1.165, 1.54) is 42.6 Å². The van der Waals surface area contributed by atoms with Crippen molar-refractivity contribution >= 4 is 5.97 Å². The van der Waals surface area contributed by atoms with E-state index in [1.54, 1.807) is 12.1 Å². The first kappa shape index (κ1) is 28.4. The number of imidazole rings is 1. The molecule has 0 unspecified atom stereocenters. The zero-order chi connectivity index (χ0) is 29.0. The van der Waals surface area contributed by atoms with E-state index in [1.807, 2.05) is 10.8 Å². The van der Waals surface area contributed by atoms with E-state index in [9.17, 15) is 27.5 Å². The van der Waals surface area contributed by atoms with Crippen LogP contribution in [0.1, 0.15) is 32.7 Å². The van der Waals surface area contributed by atoms with Gasteiger partial charge in [-0.05, 0) is 53.9 Å². The second kappa shape index (κ2) is 12.2. The Kier molecular flexibility index (Phi) is 8.46. The third kappa shape index (κ3) is 7.36. The Balaban J connectivity index is 1.25. The summed E-state index contributed by atoms with van der Waals surface area (Å²) in [5, 5.41) is 9.44. The van der Waals surface area contributed by atoms with Crippen LogP contribution in [0.15, 0.2) is 73.1 Å². The minimum Gasteiger partial charge on any atom is -0.478 e. The van der Waals surface area contributed by atoms with Crippen molar-refractivity contribution in [3.05, 3.63) is 107 Å². The maximum absolute atomic E-state index is 13.3. The second-order valence-electron chi connectivity index (χ2n) is 10.1. The first-order valence-electron chi connectivity index (χ1n) is 13.2. The van der Waals surface area contributed by atoms with Crippen LogP contribution in [-0.4, -0.2) is 61.6 Å². The second-order valence-corrected chi connectivity index (χ2v) is 10.1. The molecule has 4 aromatic rings. The van der Waals surface area contributed by atoms with Crippen LogP contribution < -0.4 is 0 Å². The van der Waals surface area contributed by atoms with Crippen molar-refractivity contribution in [3.8, 4) is 11.5 Å². The van der Waals surface area contributed by atoms with Gasteiger partial charge in [-0.1, -0.05) is 24.3 Å². The number of rotatable bonds is 9. The van der Waals surface area contributed by atoms with Crippen LogP contribution in [-0.2, 0) is 32.2 Å². The maximum atomic E-state index is 13.3. The Labute approximate surface area is 234 Å². The van der Waals surface area contributed by atoms with E-state index >= 15 is 0 Å². The quantitative estimate of drug-likeness (QED) is 0.275. The van der Waals surface area contributed by atoms with Crippen molar-refractivity contribution in [2.24, 2.45) is 0 Å². The molecule has 0 spiro atoms. The van der Waals surface area contributed by atoms with Crippen molar-refractivity contribution in [3.63, 3.8) is 0 Å². The van der Waals surface area contributed by atoms with Crippen LogP contribution in [0, 0.1) is 5.82 Å². The van der Waals surface area contributed by atoms with Gasteiger partial charge in [-0.3, -0.25) is 14.8 Å². The van der Waals surface area contributed by atoms with Gasteiger partial charge in [0.1, 0.15) is 11.5 Å². The number of carboxylic acids is 1. The summed E-state index contributed by atoms with van der Waals surface area (Å²) in [4.78, 5) is 25.2. The fourth-order valence-corrected chi connectivity index (χ4v) is 4.90. The van der Waals surface area contributed by atoms with E-state index < -0.39 is 17.7 Å². The zero-order valence-corrected chi connectivity index (χ0v) is 22.2. The number of hydrogen-bond donors (Lipinski definition) is 1. The van der Waals surface area contributed by atoms with Gasteiger partial charge in [0.25, 0.3) is 0 Å². The van der Waals surface area contributed by atoms with Crippen LogP contribution in [0.5, 0.6) is 0 Å². The van der Waals surface area contributed by atoms with Gasteiger partial charge in [0.05, 0.1) is 16.8 Å². The zero-order valence-electron chi connectivity index (χ0n) is 22.2. The molecule has 2 aromatic heterocycles. The van der Waals surface area contributed by atoms with Gasteiger partial charge in [-0.15, -0.1) is 0 Å². The SMILES string of the molecule is O=C(O)c1ccnc(-c2nc(CN3CCN(Cc4ccc(C(F)(F)F)cc4)CC3)cn2CCc2ccc(F)cc2)c1. The lowest BCUT2D eigenvalue weighted by atomic mass is 10.1. The molecule has 214 valence electrons. The molecular weight excluding hydrogens is 538 g/mol. The van der Waals surface area contributed by atoms with Crippen LogP contribution >= 0.6 is 0 Å². The minimum atomic E-state index is -4.34. The molecule has 7 nitrogen and oxygen atoms in total. The van der Waals surface area contributed by atoms with E-state index in [0.29, 0.717) is 37.6 Å². The summed E-state index contributed by atoms with van der Waals surface area (Å²) in [5.41, 5.74) is 2.55. The highest BCUT2D eigenvalue weighted by Gasteiger charge is 2.30. The third-order valence-corrected chi connectivity index (χ3v) is 7.16. The lowest BCUT2D eigenvalue weighted by Gasteiger charge is -2.34. The predicted molar refractivity (Wildman–Crippen MR) is 145 cm³/mol. The van der Waals surface area contributed by atoms with Gasteiger partial charge >= 0.3 is 12.1 Å². The first-order valence-corrected chi connectivity index (χ1v) is 13.2. The monoisotopic (exact) mass is 567 g/mol. The Hall–Kier alpha value is -4.09. The van der Waals surface area contributed by atoms with Gasteiger partial charge in [0, 0.05) is 58.2 Å². The third-order valence-electron chi connectivity index (χ3n) is 7.16. The molecule has 1 aliphatic heterocycles. The fraction of sp³-hybridized carbons (Fsp3) is 0.300. The summed E-state index contributed by atoms with van der Waals surface area (Å²) in [6.07, 6.45) is -0.312. The molecule has 1 saturated heterocycles. The maximum Gasteiger partial charge on any atom is 0.416 e. The lowest BCUT2D eigenvalue weighted by molar-refractivity contribution is -0.137. The van der Waals surface area contributed by atoms with Gasteiger partial charge in [0.15, 0.2) is 5.82 Å². The topological polar surface area (TPSA) is 74.5 Å². The van der Waals surface area contributed by atoms with Gasteiger partial charge in [-0.25, -0.2) is 14.2 Å². The molecule has 0 aliphatic carbocycles. The molecule has 3 heterocycles. The summed E-state index contributed by atoms with van der Waals surface area (Å²) in [6.45, 7) is 4.79. The van der Waals surface area contributed by atoms with Gasteiger partial charge in [-0.2, -0.15) is 13.2 Å². The van der Waals surface area contributed by atoms with Crippen molar-refractivity contribution < 1.29 is 27.5 Å². The lowest BCUT2D eigenvalue weighted by Crippen LogP contribution is -2.45. The number of piperazine rings is 1. The highest BCUT2D eigenvalue weighted by molar-refractivity contribution is 5.88. The molecule has 5 rings (SSSR count). The molecule has 1 aliphatic rings. The van der Waals surface area contributed by atoms with Crippen molar-refractivity contribution in [1.82, 2.24) is 24.3 Å². The average Bonchev–Trinajstić information content (AvgIpc) is 3.36. The summed E-state index contributed by atoms with van der Waals surface area (Å²) in [5.74, 6) is -0.785. The fourth-order valence-electron chi connectivity index (χ4n) is 4.90. The number of halogens is 4. The highest BCUT2D eigenvalue weighted by Crippen LogP contribution is 2.29. The summed E-state index contributed by atoms with van der Waals surface area (Å²) < 4.78 is 53.8. The number of aromatic carboxylic acids is 1. The largest absolute Gasteiger partial charge is 0.478 e. The number of nitrogens with zero attached hydrogens (tertiary/aromatic N) is 5. The van der Waals surface area contributed by atoms with Crippen molar-refractivity contribution in [1.29, 1.82) is 0 Å². The summed E-state index contributed by atoms with van der Waals surface area (Å²) >= 11 is 0. The minimum absolute atomic E-state index is 0.119. The van der Waals surface area contributed by atoms with Crippen LogP contribution in [0.25, 0.3) is 11.5 Å². The molecule has 1 N–H and O–H groups in total. The standard InChI is InChI=1S/C30H29F4N5O2/c31-25-7-3-21(4-8-25)10-12-39-20-26(36-28(39)27-17-23(29(40)41)9-11-35-27)19-38-15-13-37(14-16-38)18-22-1-5-24(6-2-22)30(32,33)34/h1-9,11,17,20H,10,12-16,18-19H2,(H,40,41). The summed E-state index contributed by atoms with van der Waals surface area (Å²) in [7, 11) is 0. The number of alkyl halides is 3. The molecular formula is C30H29F4N5O2. The van der Waals surface area contributed by atoms with E-state index in [4.69, 9.17) is 4.98 Å². The molecule has 1 fully saturated rings. The Morgan fingerprint density at radius 1 is 0.878 bits per heavy atom. The van der Waals surface area contributed by atoms with Crippen molar-refractivity contribution in [2.45, 2.75) is 32.2 Å². The van der Waals surface area contributed by atoms with E-state index in [0.717, 1.165) is 55.1 Å². The molecule has 0 bridgehead atoms. The average molecular weight is 568 g/mol. The van der Waals surface area contributed by atoms with Crippen LogP contribution in [0.4, 0.5) is 17.6 Å².